The molecule has 0 atom stereocenters. The Morgan fingerprint density at radius 3 is 2.79 bits per heavy atom. The third-order valence-electron chi connectivity index (χ3n) is 5.19. The van der Waals surface area contributed by atoms with Crippen molar-refractivity contribution >= 4 is 41.8 Å². The van der Waals surface area contributed by atoms with Gasteiger partial charge < -0.3 is 15.2 Å². The number of hydrogen-bond acceptors (Lipinski definition) is 5. The first kappa shape index (κ1) is 23.1. The molecule has 0 unspecified atom stereocenters. The summed E-state index contributed by atoms with van der Waals surface area (Å²) in [6, 6.07) is 8.39. The molecule has 0 spiro atoms. The molecule has 0 radical (unpaired) electrons. The zero-order chi connectivity index (χ0) is 18.6. The average molecular weight is 440 g/mol. The number of hydrogen-bond donors (Lipinski definition) is 2. The summed E-state index contributed by atoms with van der Waals surface area (Å²) in [4.78, 5) is 16.9. The van der Waals surface area contributed by atoms with Crippen molar-refractivity contribution < 1.29 is 4.79 Å². The summed E-state index contributed by atoms with van der Waals surface area (Å²) in [6.07, 6.45) is 4.71. The lowest BCUT2D eigenvalue weighted by molar-refractivity contribution is 0.0947. The number of carbonyl (C=O) groups excluding carboxylic acids is 1. The molecule has 1 saturated heterocycles. The molecule has 29 heavy (non-hydrogen) atoms. The standard InChI is InChI=1S/C19H25N7O.2ClH/c1-14-18(23-24-26(14)15-7-10-20-11-8-15)19(27)21-9-4-12-25-13-22-16-5-2-3-6-17(16)25;;/h2-3,5-6,13,15,20H,4,7-12H2,1H3,(H,21,27);2*1H. The minimum Gasteiger partial charge on any atom is -0.351 e. The maximum absolute atomic E-state index is 12.5. The highest BCUT2D eigenvalue weighted by Crippen LogP contribution is 2.20. The van der Waals surface area contributed by atoms with E-state index in [4.69, 9.17) is 0 Å². The van der Waals surface area contributed by atoms with Gasteiger partial charge >= 0.3 is 0 Å². The van der Waals surface area contributed by atoms with E-state index in [1.807, 2.05) is 36.1 Å². The van der Waals surface area contributed by atoms with Crippen molar-refractivity contribution in [2.24, 2.45) is 0 Å². The average Bonchev–Trinajstić information content (AvgIpc) is 3.29. The van der Waals surface area contributed by atoms with Crippen LogP contribution in [-0.4, -0.2) is 50.1 Å². The monoisotopic (exact) mass is 439 g/mol. The topological polar surface area (TPSA) is 89.7 Å². The van der Waals surface area contributed by atoms with Crippen LogP contribution in [0.5, 0.6) is 0 Å². The molecule has 0 saturated carbocycles. The van der Waals surface area contributed by atoms with Gasteiger partial charge in [-0.25, -0.2) is 9.67 Å². The first-order valence-corrected chi connectivity index (χ1v) is 9.54. The molecule has 2 aromatic heterocycles. The Bertz CT molecular complexity index is 934. The van der Waals surface area contributed by atoms with Crippen molar-refractivity contribution in [2.45, 2.75) is 38.8 Å². The summed E-state index contributed by atoms with van der Waals surface area (Å²) in [5.74, 6) is -0.150. The van der Waals surface area contributed by atoms with E-state index in [1.54, 1.807) is 0 Å². The molecule has 2 N–H and O–H groups in total. The molecule has 10 heteroatoms. The van der Waals surface area contributed by atoms with E-state index in [2.05, 4.69) is 36.6 Å². The molecule has 1 aliphatic rings. The molecule has 3 aromatic rings. The summed E-state index contributed by atoms with van der Waals surface area (Å²) in [5.41, 5.74) is 3.39. The van der Waals surface area contributed by atoms with E-state index in [1.165, 1.54) is 0 Å². The number of imidazole rings is 1. The fourth-order valence-corrected chi connectivity index (χ4v) is 3.67. The minimum atomic E-state index is -0.150. The van der Waals surface area contributed by atoms with Gasteiger partial charge in [0.05, 0.1) is 29.1 Å². The number of fused-ring (bicyclic) bond motifs is 1. The van der Waals surface area contributed by atoms with Crippen molar-refractivity contribution in [3.05, 3.63) is 42.0 Å². The lowest BCUT2D eigenvalue weighted by atomic mass is 10.1. The molecular weight excluding hydrogens is 413 g/mol. The Labute approximate surface area is 182 Å². The normalized spacial score (nSPS) is 14.2. The van der Waals surface area contributed by atoms with Crippen LogP contribution in [0.15, 0.2) is 30.6 Å². The van der Waals surface area contributed by atoms with Crippen molar-refractivity contribution in [3.8, 4) is 0 Å². The lowest BCUT2D eigenvalue weighted by Gasteiger charge is -2.23. The van der Waals surface area contributed by atoms with Crippen LogP contribution in [0.1, 0.15) is 41.5 Å². The van der Waals surface area contributed by atoms with E-state index < -0.39 is 0 Å². The Morgan fingerprint density at radius 2 is 2.00 bits per heavy atom. The summed E-state index contributed by atoms with van der Waals surface area (Å²) in [5, 5.41) is 14.7. The number of benzene rings is 1. The fraction of sp³-hybridized carbons (Fsp3) is 0.474. The molecule has 3 heterocycles. The molecule has 1 fully saturated rings. The predicted octanol–water partition coefficient (Wildman–Crippen LogP) is 2.52. The second-order valence-electron chi connectivity index (χ2n) is 6.99. The zero-order valence-corrected chi connectivity index (χ0v) is 18.0. The highest BCUT2D eigenvalue weighted by atomic mass is 35.5. The van der Waals surface area contributed by atoms with Gasteiger partial charge in [-0.05, 0) is 51.4 Å². The number of para-hydroxylation sites is 2. The number of aryl methyl sites for hydroxylation is 1. The van der Waals surface area contributed by atoms with Gasteiger partial charge in [-0.3, -0.25) is 4.79 Å². The smallest absolute Gasteiger partial charge is 0.273 e. The van der Waals surface area contributed by atoms with E-state index in [0.717, 1.165) is 55.6 Å². The molecule has 4 rings (SSSR count). The van der Waals surface area contributed by atoms with Gasteiger partial charge in [-0.2, -0.15) is 0 Å². The molecule has 1 aromatic carbocycles. The van der Waals surface area contributed by atoms with Crippen LogP contribution in [0, 0.1) is 6.92 Å². The molecule has 0 aliphatic carbocycles. The second-order valence-corrected chi connectivity index (χ2v) is 6.99. The maximum atomic E-state index is 12.5. The number of rotatable bonds is 6. The number of nitrogens with zero attached hydrogens (tertiary/aromatic N) is 5. The summed E-state index contributed by atoms with van der Waals surface area (Å²) < 4.78 is 4.02. The van der Waals surface area contributed by atoms with Gasteiger partial charge in [0.25, 0.3) is 5.91 Å². The highest BCUT2D eigenvalue weighted by molar-refractivity contribution is 5.93. The van der Waals surface area contributed by atoms with Crippen LogP contribution in [0.2, 0.25) is 0 Å². The van der Waals surface area contributed by atoms with Gasteiger partial charge in [0.2, 0.25) is 0 Å². The summed E-state index contributed by atoms with van der Waals surface area (Å²) in [7, 11) is 0. The van der Waals surface area contributed by atoms with Crippen LogP contribution < -0.4 is 10.6 Å². The third-order valence-corrected chi connectivity index (χ3v) is 5.19. The van der Waals surface area contributed by atoms with Crippen LogP contribution in [-0.2, 0) is 6.54 Å². The van der Waals surface area contributed by atoms with E-state index >= 15 is 0 Å². The van der Waals surface area contributed by atoms with E-state index in [9.17, 15) is 4.79 Å². The molecule has 1 amide bonds. The SMILES string of the molecule is Cc1c(C(=O)NCCCn2cnc3ccccc32)nnn1C1CCNCC1.Cl.Cl. The van der Waals surface area contributed by atoms with Gasteiger partial charge in [-0.1, -0.05) is 17.3 Å². The van der Waals surface area contributed by atoms with Crippen molar-refractivity contribution in [1.29, 1.82) is 0 Å². The first-order chi connectivity index (χ1) is 13.2. The van der Waals surface area contributed by atoms with E-state index in [-0.39, 0.29) is 30.7 Å². The number of nitrogens with one attached hydrogen (secondary N) is 2. The number of carbonyl (C=O) groups is 1. The fourth-order valence-electron chi connectivity index (χ4n) is 3.67. The molecule has 158 valence electrons. The van der Waals surface area contributed by atoms with Crippen LogP contribution in [0.3, 0.4) is 0 Å². The number of piperidine rings is 1. The van der Waals surface area contributed by atoms with Crippen LogP contribution in [0.4, 0.5) is 0 Å². The van der Waals surface area contributed by atoms with Crippen LogP contribution in [0.25, 0.3) is 11.0 Å². The highest BCUT2D eigenvalue weighted by Gasteiger charge is 2.22. The lowest BCUT2D eigenvalue weighted by Crippen LogP contribution is -2.30. The maximum Gasteiger partial charge on any atom is 0.273 e. The number of halogens is 2. The van der Waals surface area contributed by atoms with E-state index in [0.29, 0.717) is 18.3 Å². The summed E-state index contributed by atoms with van der Waals surface area (Å²) in [6.45, 7) is 5.28. The quantitative estimate of drug-likeness (QED) is 0.575. The third kappa shape index (κ3) is 5.07. The van der Waals surface area contributed by atoms with Crippen molar-refractivity contribution in [1.82, 2.24) is 35.2 Å². The Balaban J connectivity index is 0.00000150. The summed E-state index contributed by atoms with van der Waals surface area (Å²) >= 11 is 0. The Morgan fingerprint density at radius 1 is 1.24 bits per heavy atom. The van der Waals surface area contributed by atoms with Crippen molar-refractivity contribution in [3.63, 3.8) is 0 Å². The first-order valence-electron chi connectivity index (χ1n) is 9.54. The number of aromatic nitrogens is 5. The van der Waals surface area contributed by atoms with Crippen molar-refractivity contribution in [2.75, 3.05) is 19.6 Å². The second kappa shape index (κ2) is 10.6. The number of amides is 1. The molecule has 8 nitrogen and oxygen atoms in total. The minimum absolute atomic E-state index is 0. The molecule has 0 bridgehead atoms. The zero-order valence-electron chi connectivity index (χ0n) is 16.4. The van der Waals surface area contributed by atoms with Gasteiger partial charge in [0, 0.05) is 13.1 Å². The van der Waals surface area contributed by atoms with Crippen LogP contribution >= 0.6 is 24.8 Å². The Hall–Kier alpha value is -2.16. The van der Waals surface area contributed by atoms with Gasteiger partial charge in [0.15, 0.2) is 5.69 Å². The molecular formula is C19H27Cl2N7O. The predicted molar refractivity (Wildman–Crippen MR) is 117 cm³/mol. The van der Waals surface area contributed by atoms with Gasteiger partial charge in [0.1, 0.15) is 0 Å². The largest absolute Gasteiger partial charge is 0.351 e. The van der Waals surface area contributed by atoms with Gasteiger partial charge in [-0.15, -0.1) is 29.9 Å². The molecule has 1 aliphatic heterocycles. The Kier molecular flexibility index (Phi) is 8.43.